The number of benzene rings is 1. The highest BCUT2D eigenvalue weighted by Crippen LogP contribution is 2.14. The van der Waals surface area contributed by atoms with E-state index in [1.807, 2.05) is 18.2 Å². The maximum absolute atomic E-state index is 12.0. The lowest BCUT2D eigenvalue weighted by molar-refractivity contribution is -0.117. The van der Waals surface area contributed by atoms with Gasteiger partial charge in [0.1, 0.15) is 0 Å². The minimum absolute atomic E-state index is 0. The van der Waals surface area contributed by atoms with Crippen molar-refractivity contribution in [3.8, 4) is 0 Å². The third-order valence-corrected chi connectivity index (χ3v) is 3.70. The molecular weight excluding hydrogens is 274 g/mol. The molecule has 1 aliphatic heterocycles. The molecule has 1 aromatic carbocycles. The van der Waals surface area contributed by atoms with Crippen LogP contribution in [0.25, 0.3) is 0 Å². The third kappa shape index (κ3) is 4.78. The lowest BCUT2D eigenvalue weighted by Gasteiger charge is -2.29. The Hall–Kier alpha value is -1.10. The first-order valence-corrected chi connectivity index (χ1v) is 6.89. The Morgan fingerprint density at radius 3 is 2.80 bits per heavy atom. The molecule has 3 N–H and O–H groups in total. The zero-order valence-corrected chi connectivity index (χ0v) is 13.0. The van der Waals surface area contributed by atoms with Crippen molar-refractivity contribution in [3.05, 3.63) is 29.3 Å². The summed E-state index contributed by atoms with van der Waals surface area (Å²) in [5.74, 6) is 0.0392. The minimum Gasteiger partial charge on any atom is -0.327 e. The summed E-state index contributed by atoms with van der Waals surface area (Å²) < 4.78 is 0. The van der Waals surface area contributed by atoms with Gasteiger partial charge in [-0.15, -0.1) is 12.4 Å². The van der Waals surface area contributed by atoms with Gasteiger partial charge in [0.15, 0.2) is 0 Å². The molecule has 0 radical (unpaired) electrons. The average Bonchev–Trinajstić information content (AvgIpc) is 2.34. The number of anilines is 1. The van der Waals surface area contributed by atoms with E-state index in [1.54, 1.807) is 0 Å². The Bertz CT molecular complexity index is 464. The molecule has 4 nitrogen and oxygen atoms in total. The molecule has 1 aromatic rings. The molecule has 1 aliphatic rings. The number of carbonyl (C=O) groups excluding carboxylic acids is 1. The normalized spacial score (nSPS) is 19.2. The molecule has 1 fully saturated rings. The average molecular weight is 298 g/mol. The van der Waals surface area contributed by atoms with Crippen LogP contribution >= 0.6 is 12.4 Å². The third-order valence-electron chi connectivity index (χ3n) is 3.70. The van der Waals surface area contributed by atoms with E-state index in [4.69, 9.17) is 5.73 Å². The van der Waals surface area contributed by atoms with Crippen molar-refractivity contribution < 1.29 is 4.79 Å². The number of hydrogen-bond acceptors (Lipinski definition) is 3. The largest absolute Gasteiger partial charge is 0.327 e. The van der Waals surface area contributed by atoms with Gasteiger partial charge in [-0.25, -0.2) is 0 Å². The molecule has 1 amide bonds. The van der Waals surface area contributed by atoms with Gasteiger partial charge in [0.25, 0.3) is 0 Å². The number of rotatable bonds is 3. The molecule has 0 bridgehead atoms. The van der Waals surface area contributed by atoms with Crippen LogP contribution in [-0.4, -0.2) is 36.5 Å². The summed E-state index contributed by atoms with van der Waals surface area (Å²) in [5, 5.41) is 2.95. The molecule has 0 saturated carbocycles. The van der Waals surface area contributed by atoms with Crippen molar-refractivity contribution in [2.45, 2.75) is 32.7 Å². The smallest absolute Gasteiger partial charge is 0.238 e. The highest BCUT2D eigenvalue weighted by Gasteiger charge is 2.18. The van der Waals surface area contributed by atoms with Crippen molar-refractivity contribution in [3.63, 3.8) is 0 Å². The molecule has 0 unspecified atom stereocenters. The second-order valence-electron chi connectivity index (χ2n) is 5.48. The first-order chi connectivity index (χ1) is 9.04. The van der Waals surface area contributed by atoms with E-state index in [0.717, 1.165) is 31.6 Å². The van der Waals surface area contributed by atoms with E-state index >= 15 is 0 Å². The number of hydrogen-bond donors (Lipinski definition) is 2. The van der Waals surface area contributed by atoms with E-state index < -0.39 is 0 Å². The van der Waals surface area contributed by atoms with Crippen LogP contribution in [0.4, 0.5) is 5.69 Å². The molecule has 1 saturated heterocycles. The van der Waals surface area contributed by atoms with Crippen LogP contribution in [-0.2, 0) is 4.79 Å². The first-order valence-electron chi connectivity index (χ1n) is 6.89. The summed E-state index contributed by atoms with van der Waals surface area (Å²) in [6.07, 6.45) is 2.15. The summed E-state index contributed by atoms with van der Waals surface area (Å²) >= 11 is 0. The Morgan fingerprint density at radius 2 is 2.15 bits per heavy atom. The van der Waals surface area contributed by atoms with Crippen LogP contribution in [0, 0.1) is 13.8 Å². The van der Waals surface area contributed by atoms with Crippen molar-refractivity contribution in [1.29, 1.82) is 0 Å². The molecule has 112 valence electrons. The molecule has 2 rings (SSSR count). The van der Waals surface area contributed by atoms with Gasteiger partial charge in [0.05, 0.1) is 6.54 Å². The highest BCUT2D eigenvalue weighted by molar-refractivity contribution is 5.92. The van der Waals surface area contributed by atoms with Gasteiger partial charge in [-0.1, -0.05) is 6.07 Å². The first kappa shape index (κ1) is 17.0. The van der Waals surface area contributed by atoms with Crippen LogP contribution in [0.15, 0.2) is 18.2 Å². The number of piperidine rings is 1. The lowest BCUT2D eigenvalue weighted by atomic mass is 10.1. The Kier molecular flexibility index (Phi) is 6.46. The number of halogens is 1. The van der Waals surface area contributed by atoms with Gasteiger partial charge in [-0.05, 0) is 56.5 Å². The van der Waals surface area contributed by atoms with Crippen LogP contribution in [0.5, 0.6) is 0 Å². The number of aryl methyl sites for hydroxylation is 2. The summed E-state index contributed by atoms with van der Waals surface area (Å²) in [6.45, 7) is 6.33. The molecule has 1 heterocycles. The van der Waals surface area contributed by atoms with Gasteiger partial charge in [-0.3, -0.25) is 9.69 Å². The number of carbonyl (C=O) groups is 1. The number of nitrogens with zero attached hydrogens (tertiary/aromatic N) is 1. The van der Waals surface area contributed by atoms with Crippen molar-refractivity contribution >= 4 is 24.0 Å². The molecule has 5 heteroatoms. The molecule has 20 heavy (non-hydrogen) atoms. The summed E-state index contributed by atoms with van der Waals surface area (Å²) in [4.78, 5) is 14.1. The molecule has 0 spiro atoms. The zero-order chi connectivity index (χ0) is 13.8. The van der Waals surface area contributed by atoms with Crippen LogP contribution in [0.3, 0.4) is 0 Å². The summed E-state index contributed by atoms with van der Waals surface area (Å²) in [6, 6.07) is 6.20. The van der Waals surface area contributed by atoms with E-state index in [1.165, 1.54) is 11.1 Å². The van der Waals surface area contributed by atoms with Crippen LogP contribution < -0.4 is 11.1 Å². The van der Waals surface area contributed by atoms with Gasteiger partial charge >= 0.3 is 0 Å². The highest BCUT2D eigenvalue weighted by atomic mass is 35.5. The van der Waals surface area contributed by atoms with Crippen LogP contribution in [0.1, 0.15) is 24.0 Å². The second kappa shape index (κ2) is 7.62. The van der Waals surface area contributed by atoms with Crippen molar-refractivity contribution in [2.75, 3.05) is 25.0 Å². The number of likely N-dealkylation sites (tertiary alicyclic amines) is 1. The summed E-state index contributed by atoms with van der Waals surface area (Å²) in [7, 11) is 0. The Balaban J connectivity index is 0.00000200. The second-order valence-corrected chi connectivity index (χ2v) is 5.48. The van der Waals surface area contributed by atoms with E-state index in [0.29, 0.717) is 6.54 Å². The lowest BCUT2D eigenvalue weighted by Crippen LogP contribution is -2.45. The number of nitrogens with one attached hydrogen (secondary N) is 1. The van der Waals surface area contributed by atoms with Gasteiger partial charge in [0, 0.05) is 18.3 Å². The molecule has 0 aromatic heterocycles. The van der Waals surface area contributed by atoms with Crippen molar-refractivity contribution in [2.24, 2.45) is 5.73 Å². The number of nitrogens with two attached hydrogens (primary N) is 1. The Labute approximate surface area is 127 Å². The predicted octanol–water partition coefficient (Wildman–Crippen LogP) is 2.09. The van der Waals surface area contributed by atoms with Crippen molar-refractivity contribution in [1.82, 2.24) is 4.90 Å². The molecule has 1 atom stereocenters. The van der Waals surface area contributed by atoms with Gasteiger partial charge < -0.3 is 11.1 Å². The predicted molar refractivity (Wildman–Crippen MR) is 85.4 cm³/mol. The number of amides is 1. The Morgan fingerprint density at radius 1 is 1.40 bits per heavy atom. The topological polar surface area (TPSA) is 58.4 Å². The molecular formula is C15H24ClN3O. The van der Waals surface area contributed by atoms with Gasteiger partial charge in [-0.2, -0.15) is 0 Å². The zero-order valence-electron chi connectivity index (χ0n) is 12.2. The summed E-state index contributed by atoms with van der Waals surface area (Å²) in [5.41, 5.74) is 9.21. The van der Waals surface area contributed by atoms with E-state index in [-0.39, 0.29) is 24.4 Å². The SMILES string of the molecule is Cc1ccc(NC(=O)CN2CCC[C@@H](N)C2)cc1C.Cl. The maximum Gasteiger partial charge on any atom is 0.238 e. The standard InChI is InChI=1S/C15H23N3O.ClH/c1-11-5-6-14(8-12(11)2)17-15(19)10-18-7-3-4-13(16)9-18;/h5-6,8,13H,3-4,7,9-10,16H2,1-2H3,(H,17,19);1H/t13-;/m1./s1. The van der Waals surface area contributed by atoms with Gasteiger partial charge in [0.2, 0.25) is 5.91 Å². The maximum atomic E-state index is 12.0. The molecule has 0 aliphatic carbocycles. The fraction of sp³-hybridized carbons (Fsp3) is 0.533. The fourth-order valence-corrected chi connectivity index (χ4v) is 2.46. The fourth-order valence-electron chi connectivity index (χ4n) is 2.46. The minimum atomic E-state index is 0. The van der Waals surface area contributed by atoms with E-state index in [2.05, 4.69) is 24.1 Å². The monoisotopic (exact) mass is 297 g/mol. The van der Waals surface area contributed by atoms with E-state index in [9.17, 15) is 4.79 Å². The quantitative estimate of drug-likeness (QED) is 0.898. The van der Waals surface area contributed by atoms with Crippen LogP contribution in [0.2, 0.25) is 0 Å².